The lowest BCUT2D eigenvalue weighted by atomic mass is 9.95. The molecule has 2 heterocycles. The van der Waals surface area contributed by atoms with Crippen LogP contribution in [0, 0.1) is 0 Å². The van der Waals surface area contributed by atoms with Gasteiger partial charge in [-0.25, -0.2) is 4.98 Å². The highest BCUT2D eigenvalue weighted by molar-refractivity contribution is 5.82. The number of amides is 1. The zero-order chi connectivity index (χ0) is 13.8. The van der Waals surface area contributed by atoms with Gasteiger partial charge in [0.25, 0.3) is 0 Å². The van der Waals surface area contributed by atoms with Crippen molar-refractivity contribution in [1.82, 2.24) is 20.2 Å². The molecule has 1 amide bonds. The van der Waals surface area contributed by atoms with Crippen molar-refractivity contribution in [2.24, 2.45) is 0 Å². The van der Waals surface area contributed by atoms with Gasteiger partial charge in [-0.15, -0.1) is 0 Å². The molecule has 0 spiro atoms. The third kappa shape index (κ3) is 2.88. The maximum absolute atomic E-state index is 12.1. The quantitative estimate of drug-likeness (QED) is 0.860. The first-order valence-corrected chi connectivity index (χ1v) is 6.86. The molecule has 1 unspecified atom stereocenters. The number of carbonyl (C=O) groups excluding carboxylic acids is 1. The number of rotatable bonds is 4. The first-order chi connectivity index (χ1) is 9.83. The zero-order valence-electron chi connectivity index (χ0n) is 11.2. The molecule has 1 atom stereocenters. The van der Waals surface area contributed by atoms with Crippen LogP contribution in [0.1, 0.15) is 11.1 Å². The van der Waals surface area contributed by atoms with Gasteiger partial charge in [0.2, 0.25) is 5.91 Å². The van der Waals surface area contributed by atoms with Crippen LogP contribution >= 0.6 is 0 Å². The van der Waals surface area contributed by atoms with E-state index in [1.165, 1.54) is 11.1 Å². The smallest absolute Gasteiger partial charge is 0.237 e. The molecule has 0 saturated carbocycles. The molecule has 5 nitrogen and oxygen atoms in total. The van der Waals surface area contributed by atoms with Gasteiger partial charge in [0.1, 0.15) is 0 Å². The number of hydrogen-bond donors (Lipinski definition) is 2. The molecule has 1 aromatic heterocycles. The molecule has 0 radical (unpaired) electrons. The first-order valence-electron chi connectivity index (χ1n) is 6.86. The van der Waals surface area contributed by atoms with Crippen LogP contribution in [0.25, 0.3) is 0 Å². The molecule has 1 aromatic carbocycles. The Bertz CT molecular complexity index is 579. The van der Waals surface area contributed by atoms with E-state index in [0.29, 0.717) is 6.54 Å². The van der Waals surface area contributed by atoms with Crippen LogP contribution in [0.3, 0.4) is 0 Å². The average molecular weight is 270 g/mol. The third-order valence-electron chi connectivity index (χ3n) is 3.63. The number of nitrogens with one attached hydrogen (secondary N) is 2. The second-order valence-electron chi connectivity index (χ2n) is 5.00. The van der Waals surface area contributed by atoms with E-state index in [4.69, 9.17) is 0 Å². The van der Waals surface area contributed by atoms with Gasteiger partial charge in [0.15, 0.2) is 0 Å². The van der Waals surface area contributed by atoms with Crippen molar-refractivity contribution in [3.05, 3.63) is 54.1 Å². The number of carbonyl (C=O) groups is 1. The maximum Gasteiger partial charge on any atom is 0.237 e. The van der Waals surface area contributed by atoms with E-state index in [9.17, 15) is 4.79 Å². The fraction of sp³-hybridized carbons (Fsp3) is 0.333. The normalized spacial score (nSPS) is 17.5. The fourth-order valence-electron chi connectivity index (χ4n) is 2.49. The minimum atomic E-state index is -0.132. The number of nitrogens with zero attached hydrogens (tertiary/aromatic N) is 2. The minimum Gasteiger partial charge on any atom is -0.353 e. The van der Waals surface area contributed by atoms with E-state index in [1.807, 2.05) is 22.9 Å². The highest BCUT2D eigenvalue weighted by Crippen LogP contribution is 2.16. The third-order valence-corrected chi connectivity index (χ3v) is 3.63. The van der Waals surface area contributed by atoms with E-state index < -0.39 is 0 Å². The molecule has 1 aliphatic rings. The predicted molar refractivity (Wildman–Crippen MR) is 76.0 cm³/mol. The van der Waals surface area contributed by atoms with Gasteiger partial charge >= 0.3 is 0 Å². The lowest BCUT2D eigenvalue weighted by Gasteiger charge is -2.25. The van der Waals surface area contributed by atoms with Gasteiger partial charge < -0.3 is 15.2 Å². The highest BCUT2D eigenvalue weighted by Gasteiger charge is 2.23. The molecule has 5 heteroatoms. The van der Waals surface area contributed by atoms with Crippen LogP contribution in [0.4, 0.5) is 0 Å². The van der Waals surface area contributed by atoms with Crippen molar-refractivity contribution in [3.63, 3.8) is 0 Å². The molecular formula is C15H18N4O. The number of hydrogen-bond acceptors (Lipinski definition) is 3. The molecule has 0 bridgehead atoms. The van der Waals surface area contributed by atoms with Gasteiger partial charge in [0, 0.05) is 32.0 Å². The number of imidazole rings is 1. The van der Waals surface area contributed by atoms with E-state index in [-0.39, 0.29) is 11.9 Å². The van der Waals surface area contributed by atoms with Gasteiger partial charge in [-0.1, -0.05) is 24.3 Å². The largest absolute Gasteiger partial charge is 0.353 e. The summed E-state index contributed by atoms with van der Waals surface area (Å²) in [7, 11) is 0. The van der Waals surface area contributed by atoms with Gasteiger partial charge in [-0.3, -0.25) is 4.79 Å². The van der Waals surface area contributed by atoms with Crippen molar-refractivity contribution in [2.75, 3.05) is 6.54 Å². The Hall–Kier alpha value is -2.14. The maximum atomic E-state index is 12.1. The van der Waals surface area contributed by atoms with Gasteiger partial charge in [-0.05, 0) is 17.5 Å². The average Bonchev–Trinajstić information content (AvgIpc) is 3.00. The predicted octanol–water partition coefficient (Wildman–Crippen LogP) is 0.714. The molecular weight excluding hydrogens is 252 g/mol. The number of benzene rings is 1. The van der Waals surface area contributed by atoms with Crippen LogP contribution in [-0.4, -0.2) is 28.0 Å². The summed E-state index contributed by atoms with van der Waals surface area (Å²) in [5.41, 5.74) is 2.55. The summed E-state index contributed by atoms with van der Waals surface area (Å²) in [6, 6.07) is 8.13. The summed E-state index contributed by atoms with van der Waals surface area (Å²) >= 11 is 0. The second kappa shape index (κ2) is 5.88. The van der Waals surface area contributed by atoms with Crippen molar-refractivity contribution in [3.8, 4) is 0 Å². The summed E-state index contributed by atoms with van der Waals surface area (Å²) in [5.74, 6) is 0.0691. The molecule has 1 aliphatic heterocycles. The highest BCUT2D eigenvalue weighted by atomic mass is 16.2. The van der Waals surface area contributed by atoms with Crippen LogP contribution in [0.2, 0.25) is 0 Å². The molecule has 3 rings (SSSR count). The SMILES string of the molecule is O=C(NCCn1ccnc1)C1Cc2ccccc2CN1. The van der Waals surface area contributed by atoms with Crippen molar-refractivity contribution >= 4 is 5.91 Å². The van der Waals surface area contributed by atoms with Crippen LogP contribution < -0.4 is 10.6 Å². The number of aromatic nitrogens is 2. The Labute approximate surface area is 118 Å². The molecule has 0 fully saturated rings. The minimum absolute atomic E-state index is 0.0691. The van der Waals surface area contributed by atoms with Crippen LogP contribution in [-0.2, 0) is 24.3 Å². The summed E-state index contributed by atoms with van der Waals surface area (Å²) in [6.07, 6.45) is 6.14. The summed E-state index contributed by atoms with van der Waals surface area (Å²) < 4.78 is 1.95. The molecule has 2 N–H and O–H groups in total. The molecule has 0 aliphatic carbocycles. The van der Waals surface area contributed by atoms with Crippen LogP contribution in [0.15, 0.2) is 43.0 Å². The summed E-state index contributed by atoms with van der Waals surface area (Å²) in [4.78, 5) is 16.1. The Morgan fingerprint density at radius 1 is 1.40 bits per heavy atom. The lowest BCUT2D eigenvalue weighted by Crippen LogP contribution is -2.48. The Morgan fingerprint density at radius 3 is 3.05 bits per heavy atom. The molecule has 20 heavy (non-hydrogen) atoms. The lowest BCUT2D eigenvalue weighted by molar-refractivity contribution is -0.123. The van der Waals surface area contributed by atoms with Crippen LogP contribution in [0.5, 0.6) is 0 Å². The second-order valence-corrected chi connectivity index (χ2v) is 5.00. The monoisotopic (exact) mass is 270 g/mol. The van der Waals surface area contributed by atoms with Crippen molar-refractivity contribution in [1.29, 1.82) is 0 Å². The first kappa shape index (κ1) is 12.9. The van der Waals surface area contributed by atoms with E-state index in [2.05, 4.69) is 27.8 Å². The van der Waals surface area contributed by atoms with Crippen molar-refractivity contribution in [2.45, 2.75) is 25.6 Å². The summed E-state index contributed by atoms with van der Waals surface area (Å²) in [6.45, 7) is 2.12. The Kier molecular flexibility index (Phi) is 3.78. The molecule has 104 valence electrons. The van der Waals surface area contributed by atoms with Gasteiger partial charge in [-0.2, -0.15) is 0 Å². The molecule has 0 saturated heterocycles. The Morgan fingerprint density at radius 2 is 2.25 bits per heavy atom. The van der Waals surface area contributed by atoms with E-state index in [0.717, 1.165) is 19.5 Å². The summed E-state index contributed by atoms with van der Waals surface area (Å²) in [5, 5.41) is 6.26. The van der Waals surface area contributed by atoms with E-state index in [1.54, 1.807) is 12.5 Å². The zero-order valence-corrected chi connectivity index (χ0v) is 11.2. The fourth-order valence-corrected chi connectivity index (χ4v) is 2.49. The number of fused-ring (bicyclic) bond motifs is 1. The van der Waals surface area contributed by atoms with Crippen molar-refractivity contribution < 1.29 is 4.79 Å². The van der Waals surface area contributed by atoms with E-state index >= 15 is 0 Å². The standard InChI is InChI=1S/C15H18N4O/c20-15(17-6-8-19-7-5-16-11-19)14-9-12-3-1-2-4-13(12)10-18-14/h1-5,7,11,14,18H,6,8-10H2,(H,17,20). The van der Waals surface area contributed by atoms with Gasteiger partial charge in [0.05, 0.1) is 12.4 Å². The topological polar surface area (TPSA) is 59.0 Å². The Balaban J connectivity index is 1.51. The molecule has 2 aromatic rings.